The van der Waals surface area contributed by atoms with E-state index in [0.717, 1.165) is 20.8 Å². The summed E-state index contributed by atoms with van der Waals surface area (Å²) in [6.07, 6.45) is -12.5. The van der Waals surface area contributed by atoms with Crippen LogP contribution in [0.15, 0.2) is 35.3 Å². The lowest BCUT2D eigenvalue weighted by molar-refractivity contribution is -0.287. The molecule has 1 aromatic carbocycles. The first-order chi connectivity index (χ1) is 14.9. The van der Waals surface area contributed by atoms with Gasteiger partial charge in [0.25, 0.3) is 5.90 Å². The lowest BCUT2D eigenvalue weighted by atomic mass is 9.99. The third kappa shape index (κ3) is 6.94. The molecule has 0 aliphatic carbocycles. The van der Waals surface area contributed by atoms with Crippen LogP contribution in [0, 0.1) is 0 Å². The van der Waals surface area contributed by atoms with Crippen molar-refractivity contribution in [2.45, 2.75) is 64.6 Å². The van der Waals surface area contributed by atoms with Crippen LogP contribution in [-0.2, 0) is 38.1 Å². The summed E-state index contributed by atoms with van der Waals surface area (Å²) >= 11 is 0. The number of benzene rings is 1. The summed E-state index contributed by atoms with van der Waals surface area (Å²) < 4.78 is 66.6. The number of hydrogen-bond donors (Lipinski definition) is 0. The van der Waals surface area contributed by atoms with Crippen LogP contribution in [0.1, 0.15) is 27.7 Å². The fourth-order valence-corrected chi connectivity index (χ4v) is 2.95. The Labute approximate surface area is 181 Å². The van der Waals surface area contributed by atoms with Gasteiger partial charge in [0.15, 0.2) is 12.2 Å². The van der Waals surface area contributed by atoms with E-state index in [0.29, 0.717) is 0 Å². The van der Waals surface area contributed by atoms with Crippen molar-refractivity contribution in [2.24, 2.45) is 4.99 Å². The molecule has 2 rings (SSSR count). The van der Waals surface area contributed by atoms with Crippen LogP contribution in [-0.4, -0.2) is 60.7 Å². The minimum atomic E-state index is -5.03. The molecule has 0 aromatic heterocycles. The van der Waals surface area contributed by atoms with Crippen molar-refractivity contribution in [3.8, 4) is 0 Å². The number of nitrogens with zero attached hydrogens (tertiary/aromatic N) is 1. The zero-order valence-electron chi connectivity index (χ0n) is 17.6. The summed E-state index contributed by atoms with van der Waals surface area (Å²) in [5.41, 5.74) is -0.0537. The molecule has 3 unspecified atom stereocenters. The Morgan fingerprint density at radius 3 is 1.84 bits per heavy atom. The normalized spacial score (nSPS) is 26.1. The molecule has 1 aromatic rings. The van der Waals surface area contributed by atoms with Gasteiger partial charge < -0.3 is 23.7 Å². The molecule has 0 N–H and O–H groups in total. The quantitative estimate of drug-likeness (QED) is 0.285. The number of halogens is 3. The van der Waals surface area contributed by atoms with Gasteiger partial charge >= 0.3 is 24.1 Å². The number of esters is 3. The SMILES string of the molecule is CC(=O)OC1C(OC(C)=O)[C@@H](OC(C)=O)C(C)O[C@@H]1OC(=Nc1ccccc1)C(F)(F)F. The number of ether oxygens (including phenoxy) is 5. The van der Waals surface area contributed by atoms with Gasteiger partial charge in [-0.2, -0.15) is 13.2 Å². The Morgan fingerprint density at radius 1 is 0.844 bits per heavy atom. The molecule has 0 bridgehead atoms. The lowest BCUT2D eigenvalue weighted by Crippen LogP contribution is -2.61. The van der Waals surface area contributed by atoms with Gasteiger partial charge in [0.2, 0.25) is 12.4 Å². The maximum absolute atomic E-state index is 13.6. The fraction of sp³-hybridized carbons (Fsp3) is 0.500. The molecule has 1 saturated heterocycles. The Morgan fingerprint density at radius 2 is 1.34 bits per heavy atom. The second-order valence-corrected chi connectivity index (χ2v) is 6.80. The molecule has 1 fully saturated rings. The minimum Gasteiger partial charge on any atom is -0.456 e. The summed E-state index contributed by atoms with van der Waals surface area (Å²) in [7, 11) is 0. The Bertz CT molecular complexity index is 858. The molecule has 1 heterocycles. The van der Waals surface area contributed by atoms with Gasteiger partial charge in [-0.3, -0.25) is 14.4 Å². The molecule has 176 valence electrons. The highest BCUT2D eigenvalue weighted by Gasteiger charge is 2.53. The van der Waals surface area contributed by atoms with E-state index in [1.807, 2.05) is 0 Å². The maximum Gasteiger partial charge on any atom is 0.468 e. The van der Waals surface area contributed by atoms with Gasteiger partial charge in [-0.05, 0) is 19.1 Å². The second-order valence-electron chi connectivity index (χ2n) is 6.80. The predicted octanol–water partition coefficient (Wildman–Crippen LogP) is 2.84. The first-order valence-corrected chi connectivity index (χ1v) is 9.43. The lowest BCUT2D eigenvalue weighted by Gasteiger charge is -2.43. The number of carbonyl (C=O) groups is 3. The van der Waals surface area contributed by atoms with Crippen LogP contribution in [0.25, 0.3) is 0 Å². The third-order valence-electron chi connectivity index (χ3n) is 4.09. The topological polar surface area (TPSA) is 110 Å². The van der Waals surface area contributed by atoms with Crippen LogP contribution >= 0.6 is 0 Å². The smallest absolute Gasteiger partial charge is 0.456 e. The van der Waals surface area contributed by atoms with Crippen molar-refractivity contribution in [3.05, 3.63) is 30.3 Å². The molecule has 9 nitrogen and oxygen atoms in total. The first kappa shape index (κ1) is 25.1. The van der Waals surface area contributed by atoms with Crippen molar-refractivity contribution >= 4 is 29.5 Å². The van der Waals surface area contributed by atoms with Crippen LogP contribution in [0.2, 0.25) is 0 Å². The average Bonchev–Trinajstić information content (AvgIpc) is 2.66. The molecule has 0 radical (unpaired) electrons. The van der Waals surface area contributed by atoms with Crippen LogP contribution in [0.4, 0.5) is 18.9 Å². The molecular formula is C20H22F3NO8. The number of aliphatic imine (C=N–C) groups is 1. The predicted molar refractivity (Wildman–Crippen MR) is 102 cm³/mol. The van der Waals surface area contributed by atoms with Crippen molar-refractivity contribution in [1.82, 2.24) is 0 Å². The Balaban J connectivity index is 2.46. The van der Waals surface area contributed by atoms with Crippen molar-refractivity contribution in [3.63, 3.8) is 0 Å². The maximum atomic E-state index is 13.6. The highest BCUT2D eigenvalue weighted by Crippen LogP contribution is 2.32. The summed E-state index contributed by atoms with van der Waals surface area (Å²) in [6.45, 7) is 4.47. The Kier molecular flexibility index (Phi) is 8.19. The number of carbonyl (C=O) groups excluding carboxylic acids is 3. The van der Waals surface area contributed by atoms with E-state index < -0.39 is 60.7 Å². The van der Waals surface area contributed by atoms with Gasteiger partial charge in [0.05, 0.1) is 11.8 Å². The monoisotopic (exact) mass is 461 g/mol. The molecular weight excluding hydrogens is 439 g/mol. The molecule has 1 aliphatic rings. The standard InChI is InChI=1S/C20H22F3NO8/c1-10-15(29-11(2)25)16(30-12(3)26)17(31-13(4)27)18(28-10)32-19(20(21,22)23)24-14-8-6-5-7-9-14/h5-10,15-18H,1-4H3/t10?,15-,16?,17?,18+/m0/s1. The van der Waals surface area contributed by atoms with Crippen molar-refractivity contribution < 1.29 is 51.2 Å². The molecule has 1 aliphatic heterocycles. The molecule has 0 saturated carbocycles. The summed E-state index contributed by atoms with van der Waals surface area (Å²) in [6, 6.07) is 7.19. The highest BCUT2D eigenvalue weighted by molar-refractivity contribution is 5.84. The van der Waals surface area contributed by atoms with Gasteiger partial charge in [-0.25, -0.2) is 4.99 Å². The highest BCUT2D eigenvalue weighted by atomic mass is 19.4. The number of para-hydroxylation sites is 1. The molecule has 12 heteroatoms. The Hall–Kier alpha value is -3.15. The van der Waals surface area contributed by atoms with E-state index in [2.05, 4.69) is 4.99 Å². The van der Waals surface area contributed by atoms with Gasteiger partial charge in [-0.15, -0.1) is 0 Å². The van der Waals surface area contributed by atoms with Crippen LogP contribution in [0.3, 0.4) is 0 Å². The largest absolute Gasteiger partial charge is 0.468 e. The van der Waals surface area contributed by atoms with Gasteiger partial charge in [0, 0.05) is 20.8 Å². The van der Waals surface area contributed by atoms with Crippen LogP contribution < -0.4 is 0 Å². The number of hydrogen-bond acceptors (Lipinski definition) is 9. The molecule has 0 amide bonds. The second kappa shape index (κ2) is 10.4. The zero-order chi connectivity index (χ0) is 24.1. The zero-order valence-corrected chi connectivity index (χ0v) is 17.6. The summed E-state index contributed by atoms with van der Waals surface area (Å²) in [4.78, 5) is 38.2. The van der Waals surface area contributed by atoms with Crippen LogP contribution in [0.5, 0.6) is 0 Å². The van der Waals surface area contributed by atoms with Gasteiger partial charge in [0.1, 0.15) is 0 Å². The average molecular weight is 461 g/mol. The van der Waals surface area contributed by atoms with E-state index in [9.17, 15) is 27.6 Å². The fourth-order valence-electron chi connectivity index (χ4n) is 2.95. The number of rotatable bonds is 5. The first-order valence-electron chi connectivity index (χ1n) is 9.43. The van der Waals surface area contributed by atoms with E-state index >= 15 is 0 Å². The number of alkyl halides is 3. The van der Waals surface area contributed by atoms with E-state index in [1.54, 1.807) is 6.07 Å². The van der Waals surface area contributed by atoms with E-state index in [4.69, 9.17) is 23.7 Å². The summed E-state index contributed by atoms with van der Waals surface area (Å²) in [5, 5.41) is 0. The summed E-state index contributed by atoms with van der Waals surface area (Å²) in [5.74, 6) is -4.23. The van der Waals surface area contributed by atoms with Crippen molar-refractivity contribution in [2.75, 3.05) is 0 Å². The van der Waals surface area contributed by atoms with E-state index in [1.165, 1.54) is 31.2 Å². The molecule has 5 atom stereocenters. The minimum absolute atomic E-state index is 0.0537. The van der Waals surface area contributed by atoms with Crippen molar-refractivity contribution in [1.29, 1.82) is 0 Å². The molecule has 32 heavy (non-hydrogen) atoms. The van der Waals surface area contributed by atoms with E-state index in [-0.39, 0.29) is 5.69 Å². The van der Waals surface area contributed by atoms with Gasteiger partial charge in [-0.1, -0.05) is 18.2 Å². The molecule has 0 spiro atoms. The third-order valence-corrected chi connectivity index (χ3v) is 4.09.